The van der Waals surface area contributed by atoms with Crippen molar-refractivity contribution >= 4 is 17.4 Å². The second-order valence-corrected chi connectivity index (χ2v) is 5.85. The van der Waals surface area contributed by atoms with Crippen LogP contribution in [0, 0.1) is 13.8 Å². The van der Waals surface area contributed by atoms with E-state index >= 15 is 0 Å². The Kier molecular flexibility index (Phi) is 4.73. The highest BCUT2D eigenvalue weighted by atomic mass is 35.5. The van der Waals surface area contributed by atoms with E-state index in [1.165, 1.54) is 0 Å². The average Bonchev–Trinajstić information content (AvgIpc) is 2.73. The number of carbonyl (C=O) groups is 1. The molecule has 0 aliphatic heterocycles. The van der Waals surface area contributed by atoms with Crippen LogP contribution in [0.1, 0.15) is 41.6 Å². The van der Waals surface area contributed by atoms with E-state index in [9.17, 15) is 4.79 Å². The van der Waals surface area contributed by atoms with Crippen LogP contribution in [0.4, 0.5) is 0 Å². The van der Waals surface area contributed by atoms with Gasteiger partial charge in [-0.3, -0.25) is 4.79 Å². The third-order valence-corrected chi connectivity index (χ3v) is 3.74. The molecule has 0 N–H and O–H groups in total. The summed E-state index contributed by atoms with van der Waals surface area (Å²) in [4.78, 5) is 12.3. The number of hydrogen-bond donors (Lipinski definition) is 0. The number of benzene rings is 1. The molecular weight excluding hydrogens is 286 g/mol. The summed E-state index contributed by atoms with van der Waals surface area (Å²) in [5.74, 6) is 0.635. The lowest BCUT2D eigenvalue weighted by Gasteiger charge is -2.13. The molecule has 0 aliphatic rings. The Balaban J connectivity index is 2.10. The molecule has 1 heterocycles. The normalized spacial score (nSPS) is 11.0. The van der Waals surface area contributed by atoms with E-state index in [4.69, 9.17) is 16.3 Å². The average molecular weight is 306 g/mol. The minimum Gasteiger partial charge on any atom is -0.485 e. The predicted octanol–water partition coefficient (Wildman–Crippen LogP) is 4.60. The molecule has 0 radical (unpaired) electrons. The Morgan fingerprint density at radius 1 is 1.24 bits per heavy atom. The molecule has 2 aromatic rings. The maximum Gasteiger partial charge on any atom is 0.202 e. The third-order valence-electron chi connectivity index (χ3n) is 3.48. The first-order valence-electron chi connectivity index (χ1n) is 7.00. The summed E-state index contributed by atoms with van der Waals surface area (Å²) in [6.45, 7) is 8.24. The van der Waals surface area contributed by atoms with Gasteiger partial charge in [0.25, 0.3) is 0 Å². The number of nitrogens with zero attached hydrogens (tertiary/aromatic N) is 1. The maximum absolute atomic E-state index is 12.3. The van der Waals surface area contributed by atoms with Crippen molar-refractivity contribution in [2.24, 2.45) is 0 Å². The van der Waals surface area contributed by atoms with E-state index in [1.807, 2.05) is 19.9 Å². The molecule has 0 atom stereocenters. The fraction of sp³-hybridized carbons (Fsp3) is 0.353. The number of ether oxygens (including phenoxy) is 1. The highest BCUT2D eigenvalue weighted by Gasteiger charge is 2.17. The van der Waals surface area contributed by atoms with Gasteiger partial charge in [0.05, 0.1) is 0 Å². The van der Waals surface area contributed by atoms with Crippen LogP contribution in [0.25, 0.3) is 0 Å². The zero-order chi connectivity index (χ0) is 15.6. The summed E-state index contributed by atoms with van der Waals surface area (Å²) < 4.78 is 7.69. The maximum atomic E-state index is 12.3. The van der Waals surface area contributed by atoms with Crippen molar-refractivity contribution in [2.75, 3.05) is 6.61 Å². The standard InChI is InChI=1S/C17H20ClNO2/c1-11(2)19-12(3)9-16(13(19)4)17(20)10-21-15-7-5-14(18)6-8-15/h5-9,11H,10H2,1-4H3. The Morgan fingerprint density at radius 2 is 1.86 bits per heavy atom. The van der Waals surface area contributed by atoms with E-state index in [2.05, 4.69) is 18.4 Å². The van der Waals surface area contributed by atoms with Crippen LogP contribution in [0.2, 0.25) is 5.02 Å². The first kappa shape index (κ1) is 15.6. The predicted molar refractivity (Wildman–Crippen MR) is 85.6 cm³/mol. The van der Waals surface area contributed by atoms with Crippen LogP contribution < -0.4 is 4.74 Å². The van der Waals surface area contributed by atoms with E-state index < -0.39 is 0 Å². The Labute approximate surface area is 130 Å². The van der Waals surface area contributed by atoms with Gasteiger partial charge in [0, 0.05) is 28.0 Å². The quantitative estimate of drug-likeness (QED) is 0.756. The number of aromatic nitrogens is 1. The van der Waals surface area contributed by atoms with Gasteiger partial charge in [0.1, 0.15) is 5.75 Å². The lowest BCUT2D eigenvalue weighted by molar-refractivity contribution is 0.0921. The second-order valence-electron chi connectivity index (χ2n) is 5.41. The number of hydrogen-bond acceptors (Lipinski definition) is 2. The van der Waals surface area contributed by atoms with Crippen LogP contribution in [0.5, 0.6) is 5.75 Å². The summed E-state index contributed by atoms with van der Waals surface area (Å²) in [7, 11) is 0. The number of carbonyl (C=O) groups excluding carboxylic acids is 1. The number of Topliss-reactive ketones (excluding diaryl/α,β-unsaturated/α-hetero) is 1. The lowest BCUT2D eigenvalue weighted by Crippen LogP contribution is -2.13. The fourth-order valence-electron chi connectivity index (χ4n) is 2.61. The molecule has 21 heavy (non-hydrogen) atoms. The van der Waals surface area contributed by atoms with E-state index in [0.717, 1.165) is 17.0 Å². The van der Waals surface area contributed by atoms with Crippen molar-refractivity contribution in [3.05, 3.63) is 52.3 Å². The van der Waals surface area contributed by atoms with Crippen LogP contribution in [-0.4, -0.2) is 17.0 Å². The van der Waals surface area contributed by atoms with E-state index in [0.29, 0.717) is 16.8 Å². The van der Waals surface area contributed by atoms with Gasteiger partial charge in [-0.25, -0.2) is 0 Å². The van der Waals surface area contributed by atoms with Crippen LogP contribution in [0.15, 0.2) is 30.3 Å². The molecule has 1 aromatic carbocycles. The summed E-state index contributed by atoms with van der Waals surface area (Å²) in [6.07, 6.45) is 0. The highest BCUT2D eigenvalue weighted by Crippen LogP contribution is 2.21. The fourth-order valence-corrected chi connectivity index (χ4v) is 2.74. The molecule has 3 nitrogen and oxygen atoms in total. The first-order valence-corrected chi connectivity index (χ1v) is 7.38. The van der Waals surface area contributed by atoms with Crippen molar-refractivity contribution in [1.82, 2.24) is 4.57 Å². The summed E-state index contributed by atoms with van der Waals surface area (Å²) >= 11 is 5.82. The van der Waals surface area contributed by atoms with Crippen molar-refractivity contribution in [2.45, 2.75) is 33.7 Å². The van der Waals surface area contributed by atoms with Gasteiger partial charge in [-0.2, -0.15) is 0 Å². The smallest absolute Gasteiger partial charge is 0.202 e. The molecule has 0 saturated carbocycles. The SMILES string of the molecule is Cc1cc(C(=O)COc2ccc(Cl)cc2)c(C)n1C(C)C. The van der Waals surface area contributed by atoms with Gasteiger partial charge >= 0.3 is 0 Å². The van der Waals surface area contributed by atoms with Crippen molar-refractivity contribution in [3.8, 4) is 5.75 Å². The van der Waals surface area contributed by atoms with Gasteiger partial charge in [0.15, 0.2) is 6.61 Å². The zero-order valence-electron chi connectivity index (χ0n) is 12.8. The molecule has 1 aromatic heterocycles. The molecule has 0 saturated heterocycles. The monoisotopic (exact) mass is 305 g/mol. The molecule has 0 unspecified atom stereocenters. The van der Waals surface area contributed by atoms with Crippen LogP contribution in [-0.2, 0) is 0 Å². The van der Waals surface area contributed by atoms with E-state index in [1.54, 1.807) is 24.3 Å². The molecule has 2 rings (SSSR count). The van der Waals surface area contributed by atoms with E-state index in [-0.39, 0.29) is 12.4 Å². The second kappa shape index (κ2) is 6.35. The molecular formula is C17H20ClNO2. The van der Waals surface area contributed by atoms with Gasteiger partial charge in [0.2, 0.25) is 5.78 Å². The van der Waals surface area contributed by atoms with Crippen LogP contribution >= 0.6 is 11.6 Å². The summed E-state index contributed by atoms with van der Waals surface area (Å²) in [5, 5.41) is 0.647. The molecule has 0 fully saturated rings. The third kappa shape index (κ3) is 3.48. The Bertz CT molecular complexity index is 642. The van der Waals surface area contributed by atoms with Gasteiger partial charge in [-0.15, -0.1) is 0 Å². The number of ketones is 1. The van der Waals surface area contributed by atoms with Crippen LogP contribution in [0.3, 0.4) is 0 Å². The largest absolute Gasteiger partial charge is 0.485 e. The molecule has 0 spiro atoms. The molecule has 0 bridgehead atoms. The zero-order valence-corrected chi connectivity index (χ0v) is 13.6. The first-order chi connectivity index (χ1) is 9.90. The molecule has 4 heteroatoms. The van der Waals surface area contributed by atoms with Crippen molar-refractivity contribution in [1.29, 1.82) is 0 Å². The Morgan fingerprint density at radius 3 is 2.38 bits per heavy atom. The van der Waals surface area contributed by atoms with Crippen molar-refractivity contribution < 1.29 is 9.53 Å². The summed E-state index contributed by atoms with van der Waals surface area (Å²) in [5.41, 5.74) is 2.82. The van der Waals surface area contributed by atoms with Gasteiger partial charge < -0.3 is 9.30 Å². The van der Waals surface area contributed by atoms with Crippen molar-refractivity contribution in [3.63, 3.8) is 0 Å². The lowest BCUT2D eigenvalue weighted by atomic mass is 10.1. The summed E-state index contributed by atoms with van der Waals surface area (Å²) in [6, 6.07) is 9.27. The topological polar surface area (TPSA) is 31.2 Å². The highest BCUT2D eigenvalue weighted by molar-refractivity contribution is 6.30. The molecule has 0 amide bonds. The Hall–Kier alpha value is -1.74. The molecule has 112 valence electrons. The number of aryl methyl sites for hydroxylation is 1. The number of halogens is 1. The minimum absolute atomic E-state index is 0.00931. The molecule has 0 aliphatic carbocycles. The van der Waals surface area contributed by atoms with Gasteiger partial charge in [-0.05, 0) is 58.0 Å². The minimum atomic E-state index is -0.00931. The number of rotatable bonds is 5. The van der Waals surface area contributed by atoms with Gasteiger partial charge in [-0.1, -0.05) is 11.6 Å².